The van der Waals surface area contributed by atoms with E-state index in [1.165, 1.54) is 12.4 Å². The fraction of sp³-hybridized carbons (Fsp3) is 0. The van der Waals surface area contributed by atoms with Crippen molar-refractivity contribution in [2.75, 3.05) is 0 Å². The van der Waals surface area contributed by atoms with Gasteiger partial charge in [0.15, 0.2) is 0 Å². The van der Waals surface area contributed by atoms with Gasteiger partial charge in [-0.1, -0.05) is 5.16 Å². The zero-order valence-corrected chi connectivity index (χ0v) is 9.06. The van der Waals surface area contributed by atoms with Gasteiger partial charge < -0.3 is 9.63 Å². The van der Waals surface area contributed by atoms with Crippen LogP contribution in [0.1, 0.15) is 0 Å². The van der Waals surface area contributed by atoms with E-state index in [4.69, 9.17) is 4.52 Å². The molecule has 0 aromatic carbocycles. The number of aromatic nitrogens is 5. The minimum atomic E-state index is -0.0262. The molecule has 0 atom stereocenters. The first-order valence-electron chi connectivity index (χ1n) is 5.09. The Balaban J connectivity index is 2.03. The molecule has 88 valence electrons. The Bertz CT molecular complexity index is 668. The summed E-state index contributed by atoms with van der Waals surface area (Å²) in [6.07, 6.45) is 6.00. The Morgan fingerprint density at radius 3 is 2.67 bits per heavy atom. The molecule has 0 aliphatic rings. The predicted octanol–water partition coefficient (Wildman–Crippen LogP) is 1.29. The van der Waals surface area contributed by atoms with E-state index in [2.05, 4.69) is 25.1 Å². The third-order valence-electron chi connectivity index (χ3n) is 2.22. The predicted molar refractivity (Wildman–Crippen MR) is 60.2 cm³/mol. The summed E-state index contributed by atoms with van der Waals surface area (Å²) < 4.78 is 5.06. The second-order valence-electron chi connectivity index (χ2n) is 3.39. The molecule has 0 saturated heterocycles. The van der Waals surface area contributed by atoms with E-state index >= 15 is 0 Å². The largest absolute Gasteiger partial charge is 0.505 e. The molecule has 0 aliphatic carbocycles. The van der Waals surface area contributed by atoms with Gasteiger partial charge in [-0.05, 0) is 12.1 Å². The second-order valence-corrected chi connectivity index (χ2v) is 3.39. The molecule has 3 aromatic heterocycles. The van der Waals surface area contributed by atoms with E-state index in [1.807, 2.05) is 0 Å². The zero-order valence-electron chi connectivity index (χ0n) is 9.06. The van der Waals surface area contributed by atoms with Crippen LogP contribution in [-0.4, -0.2) is 30.2 Å². The van der Waals surface area contributed by atoms with Crippen LogP contribution in [0.2, 0.25) is 0 Å². The van der Waals surface area contributed by atoms with Crippen molar-refractivity contribution < 1.29 is 9.63 Å². The summed E-state index contributed by atoms with van der Waals surface area (Å²) in [4.78, 5) is 15.9. The first-order chi connectivity index (χ1) is 8.84. The number of aromatic hydroxyl groups is 1. The van der Waals surface area contributed by atoms with Gasteiger partial charge in [-0.2, -0.15) is 4.98 Å². The molecule has 0 spiro atoms. The van der Waals surface area contributed by atoms with Crippen molar-refractivity contribution >= 4 is 0 Å². The van der Waals surface area contributed by atoms with Crippen molar-refractivity contribution in [1.29, 1.82) is 0 Å². The SMILES string of the molecule is Oc1cnccc1-c1nc(-c2ncccn2)no1. The van der Waals surface area contributed by atoms with Crippen LogP contribution < -0.4 is 0 Å². The summed E-state index contributed by atoms with van der Waals surface area (Å²) in [7, 11) is 0. The molecule has 0 radical (unpaired) electrons. The van der Waals surface area contributed by atoms with Crippen molar-refractivity contribution in [3.63, 3.8) is 0 Å². The zero-order chi connectivity index (χ0) is 12.4. The molecule has 0 saturated carbocycles. The summed E-state index contributed by atoms with van der Waals surface area (Å²) in [5, 5.41) is 13.4. The molecule has 0 aliphatic heterocycles. The van der Waals surface area contributed by atoms with Crippen molar-refractivity contribution in [3.05, 3.63) is 36.9 Å². The van der Waals surface area contributed by atoms with E-state index in [1.54, 1.807) is 24.5 Å². The normalized spacial score (nSPS) is 10.4. The summed E-state index contributed by atoms with van der Waals surface area (Å²) in [5.74, 6) is 0.793. The molecule has 1 N–H and O–H groups in total. The van der Waals surface area contributed by atoms with Gasteiger partial charge in [-0.25, -0.2) is 9.97 Å². The van der Waals surface area contributed by atoms with E-state index in [0.717, 1.165) is 0 Å². The van der Waals surface area contributed by atoms with Crippen LogP contribution in [0.5, 0.6) is 5.75 Å². The Labute approximate surface area is 101 Å². The lowest BCUT2D eigenvalue weighted by molar-refractivity contribution is 0.425. The van der Waals surface area contributed by atoms with Gasteiger partial charge in [0.1, 0.15) is 5.75 Å². The molecule has 7 heteroatoms. The van der Waals surface area contributed by atoms with Crippen LogP contribution in [0.25, 0.3) is 23.1 Å². The number of nitrogens with zero attached hydrogens (tertiary/aromatic N) is 5. The number of pyridine rings is 1. The van der Waals surface area contributed by atoms with Crippen LogP contribution in [-0.2, 0) is 0 Å². The highest BCUT2D eigenvalue weighted by Gasteiger charge is 2.14. The second kappa shape index (κ2) is 4.21. The summed E-state index contributed by atoms with van der Waals surface area (Å²) in [6.45, 7) is 0. The fourth-order valence-electron chi connectivity index (χ4n) is 1.41. The molecule has 3 rings (SSSR count). The van der Waals surface area contributed by atoms with Gasteiger partial charge in [-0.15, -0.1) is 0 Å². The first kappa shape index (κ1) is 10.3. The highest BCUT2D eigenvalue weighted by Crippen LogP contribution is 2.27. The van der Waals surface area contributed by atoms with E-state index < -0.39 is 0 Å². The highest BCUT2D eigenvalue weighted by atomic mass is 16.5. The third-order valence-corrected chi connectivity index (χ3v) is 2.22. The fourth-order valence-corrected chi connectivity index (χ4v) is 1.41. The van der Waals surface area contributed by atoms with Crippen LogP contribution in [0, 0.1) is 0 Å². The Kier molecular flexibility index (Phi) is 2.41. The van der Waals surface area contributed by atoms with Crippen molar-refractivity contribution in [1.82, 2.24) is 25.1 Å². The molecular weight excluding hydrogens is 234 g/mol. The lowest BCUT2D eigenvalue weighted by Gasteiger charge is -1.95. The minimum absolute atomic E-state index is 0.0262. The Hall–Kier alpha value is -2.83. The molecule has 3 aromatic rings. The maximum atomic E-state index is 9.62. The summed E-state index contributed by atoms with van der Waals surface area (Å²) >= 11 is 0. The van der Waals surface area contributed by atoms with Crippen LogP contribution >= 0.6 is 0 Å². The quantitative estimate of drug-likeness (QED) is 0.721. The maximum absolute atomic E-state index is 9.62. The monoisotopic (exact) mass is 241 g/mol. The van der Waals surface area contributed by atoms with Gasteiger partial charge in [0.2, 0.25) is 11.6 Å². The van der Waals surface area contributed by atoms with Gasteiger partial charge in [0.25, 0.3) is 5.89 Å². The topological polar surface area (TPSA) is 97.8 Å². The lowest BCUT2D eigenvalue weighted by atomic mass is 10.2. The lowest BCUT2D eigenvalue weighted by Crippen LogP contribution is -1.88. The number of rotatable bonds is 2. The van der Waals surface area contributed by atoms with Crippen molar-refractivity contribution in [2.45, 2.75) is 0 Å². The summed E-state index contributed by atoms with van der Waals surface area (Å²) in [5.41, 5.74) is 0.416. The van der Waals surface area contributed by atoms with Gasteiger partial charge in [0, 0.05) is 18.6 Å². The maximum Gasteiger partial charge on any atom is 0.262 e. The Morgan fingerprint density at radius 2 is 1.89 bits per heavy atom. The molecule has 0 amide bonds. The molecular formula is C11H7N5O2. The molecule has 0 fully saturated rings. The smallest absolute Gasteiger partial charge is 0.262 e. The average molecular weight is 241 g/mol. The van der Waals surface area contributed by atoms with Crippen molar-refractivity contribution in [3.8, 4) is 28.9 Å². The first-order valence-corrected chi connectivity index (χ1v) is 5.09. The molecule has 0 unspecified atom stereocenters. The number of hydrogen-bond acceptors (Lipinski definition) is 7. The summed E-state index contributed by atoms with van der Waals surface area (Å²) in [6, 6.07) is 3.28. The van der Waals surface area contributed by atoms with Gasteiger partial charge >= 0.3 is 0 Å². The Morgan fingerprint density at radius 1 is 1.06 bits per heavy atom. The number of hydrogen-bond donors (Lipinski definition) is 1. The minimum Gasteiger partial charge on any atom is -0.505 e. The molecule has 7 nitrogen and oxygen atoms in total. The van der Waals surface area contributed by atoms with Crippen LogP contribution in [0.3, 0.4) is 0 Å². The van der Waals surface area contributed by atoms with Crippen LogP contribution in [0.4, 0.5) is 0 Å². The highest BCUT2D eigenvalue weighted by molar-refractivity contribution is 5.62. The van der Waals surface area contributed by atoms with Gasteiger partial charge in [0.05, 0.1) is 11.8 Å². The molecule has 3 heterocycles. The van der Waals surface area contributed by atoms with Gasteiger partial charge in [-0.3, -0.25) is 4.98 Å². The van der Waals surface area contributed by atoms with Crippen LogP contribution in [0.15, 0.2) is 41.4 Å². The average Bonchev–Trinajstić information content (AvgIpc) is 2.90. The molecule has 18 heavy (non-hydrogen) atoms. The van der Waals surface area contributed by atoms with E-state index in [-0.39, 0.29) is 17.5 Å². The third kappa shape index (κ3) is 1.77. The van der Waals surface area contributed by atoms with E-state index in [9.17, 15) is 5.11 Å². The molecule has 0 bridgehead atoms. The standard InChI is InChI=1S/C11H7N5O2/c17-8-6-12-5-2-7(8)11-15-10(16-18-11)9-13-3-1-4-14-9/h1-6,17H. The van der Waals surface area contributed by atoms with E-state index in [0.29, 0.717) is 11.4 Å². The van der Waals surface area contributed by atoms with Crippen molar-refractivity contribution in [2.24, 2.45) is 0 Å².